The molecule has 0 bridgehead atoms. The first-order valence-electron chi connectivity index (χ1n) is 6.38. The van der Waals surface area contributed by atoms with Crippen LogP contribution in [0.1, 0.15) is 16.8 Å². The third-order valence-corrected chi connectivity index (χ3v) is 4.12. The van der Waals surface area contributed by atoms with Crippen LogP contribution in [0.25, 0.3) is 0 Å². The summed E-state index contributed by atoms with van der Waals surface area (Å²) in [7, 11) is 0. The van der Waals surface area contributed by atoms with E-state index in [0.29, 0.717) is 12.1 Å². The minimum Gasteiger partial charge on any atom is -0.312 e. The van der Waals surface area contributed by atoms with E-state index < -0.39 is 0 Å². The van der Waals surface area contributed by atoms with Crippen LogP contribution in [0.5, 0.6) is 0 Å². The van der Waals surface area contributed by atoms with Gasteiger partial charge in [-0.05, 0) is 29.3 Å². The van der Waals surface area contributed by atoms with Crippen LogP contribution in [0.3, 0.4) is 0 Å². The van der Waals surface area contributed by atoms with Crippen LogP contribution < -0.4 is 10.9 Å². The molecular weight excluding hydrogens is 325 g/mol. The standard InChI is InChI=1S/C14H13BrFN3O/c15-12-2-1-11(16)5-10(12)8-19-14(20)6-9-7-17-4-3-13(9)18-19/h1-2,5-6,17H,3-4,7-8H2. The van der Waals surface area contributed by atoms with Gasteiger partial charge in [0.1, 0.15) is 5.82 Å². The molecule has 0 unspecified atom stereocenters. The average Bonchev–Trinajstić information content (AvgIpc) is 2.43. The zero-order valence-electron chi connectivity index (χ0n) is 10.7. The van der Waals surface area contributed by atoms with Gasteiger partial charge in [-0.2, -0.15) is 5.10 Å². The first-order chi connectivity index (χ1) is 9.63. The number of hydrogen-bond acceptors (Lipinski definition) is 3. The van der Waals surface area contributed by atoms with Crippen molar-refractivity contribution in [3.8, 4) is 0 Å². The topological polar surface area (TPSA) is 46.9 Å². The molecule has 0 atom stereocenters. The molecule has 4 nitrogen and oxygen atoms in total. The molecule has 1 aromatic heterocycles. The lowest BCUT2D eigenvalue weighted by molar-refractivity contribution is 0.559. The fraction of sp³-hybridized carbons (Fsp3) is 0.286. The summed E-state index contributed by atoms with van der Waals surface area (Å²) in [6.07, 6.45) is 0.805. The molecule has 1 aliphatic heterocycles. The lowest BCUT2D eigenvalue weighted by Gasteiger charge is -2.17. The maximum atomic E-state index is 13.3. The van der Waals surface area contributed by atoms with Gasteiger partial charge in [-0.1, -0.05) is 15.9 Å². The summed E-state index contributed by atoms with van der Waals surface area (Å²) in [5, 5.41) is 7.61. The highest BCUT2D eigenvalue weighted by Crippen LogP contribution is 2.18. The quantitative estimate of drug-likeness (QED) is 0.909. The van der Waals surface area contributed by atoms with Crippen molar-refractivity contribution in [2.24, 2.45) is 0 Å². The SMILES string of the molecule is O=c1cc2c(nn1Cc1cc(F)ccc1Br)CCNC2. The van der Waals surface area contributed by atoms with E-state index in [4.69, 9.17) is 0 Å². The van der Waals surface area contributed by atoms with Crippen molar-refractivity contribution in [2.75, 3.05) is 6.54 Å². The van der Waals surface area contributed by atoms with Crippen LogP contribution >= 0.6 is 15.9 Å². The molecule has 0 radical (unpaired) electrons. The molecule has 1 aromatic carbocycles. The van der Waals surface area contributed by atoms with Gasteiger partial charge in [-0.15, -0.1) is 0 Å². The highest BCUT2D eigenvalue weighted by Gasteiger charge is 2.13. The molecule has 2 heterocycles. The minimum absolute atomic E-state index is 0.163. The number of halogens is 2. The van der Waals surface area contributed by atoms with Crippen LogP contribution in [0.15, 0.2) is 33.5 Å². The molecule has 0 saturated carbocycles. The minimum atomic E-state index is -0.321. The largest absolute Gasteiger partial charge is 0.312 e. The third-order valence-electron chi connectivity index (χ3n) is 3.35. The zero-order valence-corrected chi connectivity index (χ0v) is 12.3. The molecule has 20 heavy (non-hydrogen) atoms. The highest BCUT2D eigenvalue weighted by molar-refractivity contribution is 9.10. The predicted octanol–water partition coefficient (Wildman–Crippen LogP) is 1.84. The van der Waals surface area contributed by atoms with E-state index in [9.17, 15) is 9.18 Å². The van der Waals surface area contributed by atoms with Crippen molar-refractivity contribution < 1.29 is 4.39 Å². The zero-order chi connectivity index (χ0) is 14.1. The van der Waals surface area contributed by atoms with Gasteiger partial charge < -0.3 is 5.32 Å². The molecule has 104 valence electrons. The Balaban J connectivity index is 1.98. The van der Waals surface area contributed by atoms with Gasteiger partial charge in [0.05, 0.1) is 12.2 Å². The molecule has 0 amide bonds. The van der Waals surface area contributed by atoms with Crippen LogP contribution in [-0.2, 0) is 19.5 Å². The maximum Gasteiger partial charge on any atom is 0.267 e. The normalized spacial score (nSPS) is 14.1. The van der Waals surface area contributed by atoms with Gasteiger partial charge in [-0.25, -0.2) is 9.07 Å². The molecule has 0 fully saturated rings. The van der Waals surface area contributed by atoms with E-state index in [2.05, 4.69) is 26.3 Å². The van der Waals surface area contributed by atoms with Crippen molar-refractivity contribution in [1.82, 2.24) is 15.1 Å². The van der Waals surface area contributed by atoms with Gasteiger partial charge >= 0.3 is 0 Å². The van der Waals surface area contributed by atoms with Crippen LogP contribution in [0.2, 0.25) is 0 Å². The number of rotatable bonds is 2. The van der Waals surface area contributed by atoms with Gasteiger partial charge in [0.15, 0.2) is 0 Å². The number of benzene rings is 1. The Morgan fingerprint density at radius 1 is 1.40 bits per heavy atom. The summed E-state index contributed by atoms with van der Waals surface area (Å²) >= 11 is 3.37. The molecular formula is C14H13BrFN3O. The number of fused-ring (bicyclic) bond motifs is 1. The summed E-state index contributed by atoms with van der Waals surface area (Å²) in [5.74, 6) is -0.321. The van der Waals surface area contributed by atoms with Crippen LogP contribution in [-0.4, -0.2) is 16.3 Å². The van der Waals surface area contributed by atoms with Crippen molar-refractivity contribution in [2.45, 2.75) is 19.5 Å². The number of nitrogens with zero attached hydrogens (tertiary/aromatic N) is 2. The Labute approximate surface area is 123 Å². The van der Waals surface area contributed by atoms with Crippen molar-refractivity contribution >= 4 is 15.9 Å². The Hall–Kier alpha value is -1.53. The van der Waals surface area contributed by atoms with E-state index >= 15 is 0 Å². The maximum absolute atomic E-state index is 13.3. The van der Waals surface area contributed by atoms with Gasteiger partial charge in [0, 0.05) is 30.0 Å². The van der Waals surface area contributed by atoms with Crippen molar-refractivity contribution in [3.63, 3.8) is 0 Å². The monoisotopic (exact) mass is 337 g/mol. The van der Waals surface area contributed by atoms with Gasteiger partial charge in [0.2, 0.25) is 0 Å². The molecule has 6 heteroatoms. The molecule has 0 aliphatic carbocycles. The lowest BCUT2D eigenvalue weighted by Crippen LogP contribution is -2.31. The first-order valence-corrected chi connectivity index (χ1v) is 7.17. The summed E-state index contributed by atoms with van der Waals surface area (Å²) in [5.41, 5.74) is 2.43. The van der Waals surface area contributed by atoms with E-state index in [1.54, 1.807) is 12.1 Å². The van der Waals surface area contributed by atoms with E-state index in [1.165, 1.54) is 16.8 Å². The van der Waals surface area contributed by atoms with Crippen LogP contribution in [0, 0.1) is 5.82 Å². The Morgan fingerprint density at radius 2 is 2.25 bits per heavy atom. The van der Waals surface area contributed by atoms with Crippen LogP contribution in [0.4, 0.5) is 4.39 Å². The Morgan fingerprint density at radius 3 is 3.10 bits per heavy atom. The fourth-order valence-corrected chi connectivity index (χ4v) is 2.67. The van der Waals surface area contributed by atoms with E-state index in [1.807, 2.05) is 0 Å². The second-order valence-electron chi connectivity index (χ2n) is 4.77. The molecule has 3 rings (SSSR count). The first kappa shape index (κ1) is 13.5. The lowest BCUT2D eigenvalue weighted by atomic mass is 10.1. The van der Waals surface area contributed by atoms with Gasteiger partial charge in [0.25, 0.3) is 5.56 Å². The van der Waals surface area contributed by atoms with Crippen molar-refractivity contribution in [1.29, 1.82) is 0 Å². The molecule has 0 saturated heterocycles. The van der Waals surface area contributed by atoms with Crippen molar-refractivity contribution in [3.05, 3.63) is 61.7 Å². The smallest absolute Gasteiger partial charge is 0.267 e. The number of hydrogen-bond donors (Lipinski definition) is 1. The third kappa shape index (κ3) is 2.66. The second kappa shape index (κ2) is 5.46. The molecule has 2 aromatic rings. The Kier molecular flexibility index (Phi) is 3.67. The molecule has 1 N–H and O–H groups in total. The van der Waals surface area contributed by atoms with E-state index in [0.717, 1.165) is 28.7 Å². The highest BCUT2D eigenvalue weighted by atomic mass is 79.9. The number of nitrogens with one attached hydrogen (secondary N) is 1. The summed E-state index contributed by atoms with van der Waals surface area (Å²) in [4.78, 5) is 12.1. The predicted molar refractivity (Wildman–Crippen MR) is 77.1 cm³/mol. The second-order valence-corrected chi connectivity index (χ2v) is 5.63. The summed E-state index contributed by atoms with van der Waals surface area (Å²) < 4.78 is 15.4. The Bertz CT molecular complexity index is 714. The summed E-state index contributed by atoms with van der Waals surface area (Å²) in [6, 6.07) is 6.04. The number of aromatic nitrogens is 2. The van der Waals surface area contributed by atoms with E-state index in [-0.39, 0.29) is 17.9 Å². The molecule has 0 spiro atoms. The van der Waals surface area contributed by atoms with Gasteiger partial charge in [-0.3, -0.25) is 4.79 Å². The molecule has 1 aliphatic rings. The summed E-state index contributed by atoms with van der Waals surface area (Å²) in [6.45, 7) is 1.81. The average molecular weight is 338 g/mol. The fourth-order valence-electron chi connectivity index (χ4n) is 2.30.